The summed E-state index contributed by atoms with van der Waals surface area (Å²) in [5.41, 5.74) is 1.44. The number of hydrogen-bond donors (Lipinski definition) is 1. The van der Waals surface area contributed by atoms with Crippen molar-refractivity contribution in [2.24, 2.45) is 0 Å². The van der Waals surface area contributed by atoms with Crippen LogP contribution in [0.25, 0.3) is 22.2 Å². The van der Waals surface area contributed by atoms with Crippen LogP contribution in [0.2, 0.25) is 0 Å². The van der Waals surface area contributed by atoms with E-state index in [1.54, 1.807) is 45.2 Å². The molecule has 0 aliphatic heterocycles. The Balaban J connectivity index is 2.25. The van der Waals surface area contributed by atoms with Gasteiger partial charge in [0, 0.05) is 24.1 Å². The predicted octanol–water partition coefficient (Wildman–Crippen LogP) is 4.43. The molecule has 8 nitrogen and oxygen atoms in total. The van der Waals surface area contributed by atoms with Crippen molar-refractivity contribution >= 4 is 40.5 Å². The van der Waals surface area contributed by atoms with E-state index in [0.717, 1.165) is 0 Å². The van der Waals surface area contributed by atoms with Crippen LogP contribution >= 0.6 is 11.8 Å². The number of hydrogen-bond acceptors (Lipinski definition) is 7. The molecule has 3 rings (SSSR count). The molecule has 0 spiro atoms. The van der Waals surface area contributed by atoms with E-state index in [2.05, 4.69) is 21.4 Å². The van der Waals surface area contributed by atoms with Crippen molar-refractivity contribution in [2.75, 3.05) is 11.6 Å². The quantitative estimate of drug-likeness (QED) is 0.620. The smallest absolute Gasteiger partial charge is 0.419 e. The third-order valence-corrected chi connectivity index (χ3v) is 4.63. The molecule has 0 aliphatic rings. The molecule has 0 fully saturated rings. The molecule has 0 aromatic carbocycles. The van der Waals surface area contributed by atoms with Gasteiger partial charge in [-0.15, -0.1) is 11.8 Å². The molecule has 3 aromatic rings. The summed E-state index contributed by atoms with van der Waals surface area (Å²) in [6.45, 7) is 6.75. The molecule has 30 heavy (non-hydrogen) atoms. The number of nitriles is 1. The Morgan fingerprint density at radius 3 is 2.60 bits per heavy atom. The van der Waals surface area contributed by atoms with Gasteiger partial charge in [0.1, 0.15) is 11.4 Å². The molecule has 3 heterocycles. The highest BCUT2D eigenvalue weighted by Gasteiger charge is 2.22. The third-order valence-electron chi connectivity index (χ3n) is 4.00. The topological polar surface area (TPSA) is 110 Å². The summed E-state index contributed by atoms with van der Waals surface area (Å²) in [7, 11) is 0. The number of rotatable bonds is 3. The second-order valence-electron chi connectivity index (χ2n) is 7.56. The number of ether oxygens (including phenoxy) is 1. The molecule has 0 saturated carbocycles. The van der Waals surface area contributed by atoms with Crippen molar-refractivity contribution in [3.63, 3.8) is 0 Å². The van der Waals surface area contributed by atoms with Gasteiger partial charge in [-0.05, 0) is 45.2 Å². The van der Waals surface area contributed by atoms with Crippen LogP contribution in [0.3, 0.4) is 0 Å². The zero-order chi connectivity index (χ0) is 22.1. The minimum absolute atomic E-state index is 0.260. The second-order valence-corrected chi connectivity index (χ2v) is 8.38. The Hall–Kier alpha value is -3.38. The van der Waals surface area contributed by atoms with Crippen molar-refractivity contribution in [1.29, 1.82) is 5.26 Å². The first-order valence-corrected chi connectivity index (χ1v) is 10.3. The Kier molecular flexibility index (Phi) is 5.80. The maximum Gasteiger partial charge on any atom is 0.419 e. The number of carbonyl (C=O) groups is 2. The second kappa shape index (κ2) is 8.16. The molecular weight excluding hydrogens is 402 g/mol. The Morgan fingerprint density at radius 1 is 1.27 bits per heavy atom. The van der Waals surface area contributed by atoms with Gasteiger partial charge in [0.05, 0.1) is 34.1 Å². The van der Waals surface area contributed by atoms with Gasteiger partial charge in [-0.25, -0.2) is 14.8 Å². The summed E-state index contributed by atoms with van der Waals surface area (Å²) in [5.74, 6) is 0.0870. The first-order chi connectivity index (χ1) is 14.1. The van der Waals surface area contributed by atoms with E-state index in [9.17, 15) is 14.9 Å². The van der Waals surface area contributed by atoms with E-state index in [1.165, 1.54) is 29.4 Å². The highest BCUT2D eigenvalue weighted by atomic mass is 32.2. The highest BCUT2D eigenvalue weighted by molar-refractivity contribution is 7.98. The first kappa shape index (κ1) is 21.3. The molecule has 0 unspecified atom stereocenters. The number of anilines is 1. The molecule has 0 saturated heterocycles. The van der Waals surface area contributed by atoms with Crippen LogP contribution in [0.1, 0.15) is 33.3 Å². The minimum atomic E-state index is -0.678. The number of aromatic nitrogens is 3. The molecule has 0 aliphatic carbocycles. The summed E-state index contributed by atoms with van der Waals surface area (Å²) in [4.78, 5) is 33.1. The minimum Gasteiger partial charge on any atom is -0.443 e. The number of pyridine rings is 2. The van der Waals surface area contributed by atoms with Crippen LogP contribution in [0, 0.1) is 11.3 Å². The average Bonchev–Trinajstić information content (AvgIpc) is 3.04. The number of carbonyl (C=O) groups excluding carboxylic acids is 2. The lowest BCUT2D eigenvalue weighted by Crippen LogP contribution is -2.26. The predicted molar refractivity (Wildman–Crippen MR) is 115 cm³/mol. The summed E-state index contributed by atoms with van der Waals surface area (Å²) in [6.07, 6.45) is 4.42. The summed E-state index contributed by atoms with van der Waals surface area (Å²) < 4.78 is 6.88. The molecule has 9 heteroatoms. The number of nitrogens with zero attached hydrogens (tertiary/aromatic N) is 4. The van der Waals surface area contributed by atoms with Crippen LogP contribution in [0.4, 0.5) is 10.6 Å². The first-order valence-electron chi connectivity index (χ1n) is 9.10. The Bertz CT molecular complexity index is 1190. The third kappa shape index (κ3) is 4.60. The van der Waals surface area contributed by atoms with Gasteiger partial charge in [0.25, 0.3) is 0 Å². The van der Waals surface area contributed by atoms with E-state index in [4.69, 9.17) is 4.74 Å². The maximum atomic E-state index is 12.8. The SMILES string of the molecule is CSc1cc(C#N)cc(-c2cn(C(=O)OC(C)(C)C)c3cnc(NC(C)=O)cc23)n1. The van der Waals surface area contributed by atoms with Gasteiger partial charge >= 0.3 is 6.09 Å². The van der Waals surface area contributed by atoms with Crippen LogP contribution < -0.4 is 5.32 Å². The maximum absolute atomic E-state index is 12.8. The molecule has 154 valence electrons. The molecule has 0 radical (unpaired) electrons. The van der Waals surface area contributed by atoms with E-state index >= 15 is 0 Å². The van der Waals surface area contributed by atoms with Gasteiger partial charge in [-0.1, -0.05) is 0 Å². The standard InChI is InChI=1S/C21H21N5O3S/c1-12(27)24-18-8-14-15(16-6-13(9-22)7-19(25-16)30-5)11-26(17(14)10-23-18)20(28)29-21(2,3)4/h6-8,10-11H,1-5H3,(H,23,24,27). The van der Waals surface area contributed by atoms with Crippen LogP contribution in [-0.2, 0) is 9.53 Å². The van der Waals surface area contributed by atoms with Gasteiger partial charge in [-0.3, -0.25) is 9.36 Å². The van der Waals surface area contributed by atoms with Crippen molar-refractivity contribution < 1.29 is 14.3 Å². The van der Waals surface area contributed by atoms with Gasteiger partial charge in [0.2, 0.25) is 5.91 Å². The lowest BCUT2D eigenvalue weighted by atomic mass is 10.1. The Labute approximate surface area is 178 Å². The van der Waals surface area contributed by atoms with Gasteiger partial charge in [-0.2, -0.15) is 5.26 Å². The van der Waals surface area contributed by atoms with E-state index < -0.39 is 11.7 Å². The number of amides is 1. The molecule has 0 atom stereocenters. The Morgan fingerprint density at radius 2 is 2.00 bits per heavy atom. The normalized spacial score (nSPS) is 11.2. The van der Waals surface area contributed by atoms with E-state index in [-0.39, 0.29) is 5.91 Å². The zero-order valence-electron chi connectivity index (χ0n) is 17.3. The summed E-state index contributed by atoms with van der Waals surface area (Å²) >= 11 is 1.42. The summed E-state index contributed by atoms with van der Waals surface area (Å²) in [5, 5.41) is 13.4. The molecular formula is C21H21N5O3S. The van der Waals surface area contributed by atoms with Crippen molar-refractivity contribution in [3.8, 4) is 17.3 Å². The van der Waals surface area contributed by atoms with Crippen molar-refractivity contribution in [2.45, 2.75) is 38.3 Å². The number of nitrogens with one attached hydrogen (secondary N) is 1. The van der Waals surface area contributed by atoms with Crippen LogP contribution in [0.5, 0.6) is 0 Å². The fourth-order valence-electron chi connectivity index (χ4n) is 2.85. The lowest BCUT2D eigenvalue weighted by molar-refractivity contribution is -0.114. The van der Waals surface area contributed by atoms with E-state index in [1.807, 2.05) is 6.26 Å². The fraction of sp³-hybridized carbons (Fsp3) is 0.286. The summed E-state index contributed by atoms with van der Waals surface area (Å²) in [6, 6.07) is 7.17. The van der Waals surface area contributed by atoms with Gasteiger partial charge < -0.3 is 10.1 Å². The number of fused-ring (bicyclic) bond motifs is 1. The van der Waals surface area contributed by atoms with Crippen LogP contribution in [0.15, 0.2) is 35.6 Å². The van der Waals surface area contributed by atoms with Crippen LogP contribution in [-0.4, -0.2) is 38.4 Å². The molecule has 3 aromatic heterocycles. The molecule has 1 N–H and O–H groups in total. The monoisotopic (exact) mass is 423 g/mol. The molecule has 0 bridgehead atoms. The zero-order valence-corrected chi connectivity index (χ0v) is 18.1. The average molecular weight is 423 g/mol. The highest BCUT2D eigenvalue weighted by Crippen LogP contribution is 2.33. The van der Waals surface area contributed by atoms with E-state index in [0.29, 0.717) is 38.6 Å². The fourth-order valence-corrected chi connectivity index (χ4v) is 3.29. The number of thioether (sulfide) groups is 1. The molecule has 1 amide bonds. The largest absolute Gasteiger partial charge is 0.443 e. The van der Waals surface area contributed by atoms with Gasteiger partial charge in [0.15, 0.2) is 0 Å². The van der Waals surface area contributed by atoms with Crippen molar-refractivity contribution in [3.05, 3.63) is 36.2 Å². The lowest BCUT2D eigenvalue weighted by Gasteiger charge is -2.19. The van der Waals surface area contributed by atoms with Crippen molar-refractivity contribution in [1.82, 2.24) is 14.5 Å².